The molecule has 0 heterocycles. The molecule has 0 radical (unpaired) electrons. The molecule has 0 unspecified atom stereocenters. The largest absolute Gasteiger partial charge is 0.493 e. The number of halogens is 3. The smallest absolute Gasteiger partial charge is 0.422 e. The van der Waals surface area contributed by atoms with E-state index in [9.17, 15) is 22.8 Å². The van der Waals surface area contributed by atoms with E-state index in [0.717, 1.165) is 0 Å². The molecule has 0 saturated heterocycles. The van der Waals surface area contributed by atoms with Gasteiger partial charge in [0.15, 0.2) is 18.1 Å². The minimum absolute atomic E-state index is 0.0338. The van der Waals surface area contributed by atoms with Crippen LogP contribution >= 0.6 is 0 Å². The second kappa shape index (κ2) is 9.14. The molecule has 0 bridgehead atoms. The zero-order chi connectivity index (χ0) is 19.0. The van der Waals surface area contributed by atoms with Crippen LogP contribution in [0, 0.1) is 0 Å². The summed E-state index contributed by atoms with van der Waals surface area (Å²) in [6, 6.07) is 4.42. The SMILES string of the molecule is COc1cc(CCC(=O)N(C)CCC(=O)O)ccc1OCC(F)(F)F. The van der Waals surface area contributed by atoms with Gasteiger partial charge < -0.3 is 19.5 Å². The van der Waals surface area contributed by atoms with E-state index in [0.29, 0.717) is 12.0 Å². The van der Waals surface area contributed by atoms with Crippen LogP contribution in [-0.4, -0.2) is 55.4 Å². The number of alkyl halides is 3. The predicted octanol–water partition coefficient (Wildman–Crippen LogP) is 2.50. The second-order valence-corrected chi connectivity index (χ2v) is 5.35. The molecule has 1 aromatic carbocycles. The molecule has 0 aliphatic heterocycles. The normalized spacial score (nSPS) is 11.1. The molecule has 1 rings (SSSR count). The average Bonchev–Trinajstić information content (AvgIpc) is 2.54. The Morgan fingerprint density at radius 1 is 1.20 bits per heavy atom. The van der Waals surface area contributed by atoms with E-state index in [1.54, 1.807) is 6.07 Å². The Labute approximate surface area is 143 Å². The van der Waals surface area contributed by atoms with Crippen LogP contribution in [0.15, 0.2) is 18.2 Å². The molecule has 0 aliphatic carbocycles. The number of nitrogens with zero attached hydrogens (tertiary/aromatic N) is 1. The molecule has 1 amide bonds. The summed E-state index contributed by atoms with van der Waals surface area (Å²) in [6.45, 7) is -1.31. The Hall–Kier alpha value is -2.45. The van der Waals surface area contributed by atoms with Crippen LogP contribution in [0.3, 0.4) is 0 Å². The van der Waals surface area contributed by atoms with Crippen molar-refractivity contribution < 1.29 is 37.3 Å². The van der Waals surface area contributed by atoms with Gasteiger partial charge in [-0.25, -0.2) is 0 Å². The summed E-state index contributed by atoms with van der Waals surface area (Å²) >= 11 is 0. The molecule has 0 atom stereocenters. The van der Waals surface area contributed by atoms with Crippen molar-refractivity contribution >= 4 is 11.9 Å². The molecule has 6 nitrogen and oxygen atoms in total. The standard InChI is InChI=1S/C16H20F3NO5/c1-20(8-7-15(22)23)14(21)6-4-11-3-5-12(13(9-11)24-2)25-10-16(17,18)19/h3,5,9H,4,6-8,10H2,1-2H3,(H,22,23). The Morgan fingerprint density at radius 2 is 1.88 bits per heavy atom. The number of methoxy groups -OCH3 is 1. The van der Waals surface area contributed by atoms with Crippen LogP contribution in [0.5, 0.6) is 11.5 Å². The number of aryl methyl sites for hydroxylation is 1. The van der Waals surface area contributed by atoms with E-state index in [2.05, 4.69) is 4.74 Å². The lowest BCUT2D eigenvalue weighted by Gasteiger charge is -2.16. The van der Waals surface area contributed by atoms with Crippen molar-refractivity contribution in [2.24, 2.45) is 0 Å². The molecule has 9 heteroatoms. The molecule has 1 N–H and O–H groups in total. The van der Waals surface area contributed by atoms with Crippen LogP contribution in [0.1, 0.15) is 18.4 Å². The Balaban J connectivity index is 2.62. The van der Waals surface area contributed by atoms with Crippen molar-refractivity contribution in [1.29, 1.82) is 0 Å². The summed E-state index contributed by atoms with van der Waals surface area (Å²) in [6.07, 6.45) is -4.11. The van der Waals surface area contributed by atoms with Crippen molar-refractivity contribution in [3.63, 3.8) is 0 Å². The molecule has 1 aromatic rings. The molecule has 0 aliphatic rings. The van der Waals surface area contributed by atoms with Gasteiger partial charge in [-0.15, -0.1) is 0 Å². The molecular formula is C16H20F3NO5. The van der Waals surface area contributed by atoms with Crippen molar-refractivity contribution in [2.45, 2.75) is 25.4 Å². The van der Waals surface area contributed by atoms with Gasteiger partial charge in [0.05, 0.1) is 13.5 Å². The van der Waals surface area contributed by atoms with Gasteiger partial charge in [-0.05, 0) is 24.1 Å². The van der Waals surface area contributed by atoms with Crippen LogP contribution in [-0.2, 0) is 16.0 Å². The number of carboxylic acid groups (broad SMARTS) is 1. The molecule has 0 spiro atoms. The van der Waals surface area contributed by atoms with E-state index >= 15 is 0 Å². The third-order valence-corrected chi connectivity index (χ3v) is 3.33. The van der Waals surface area contributed by atoms with E-state index in [1.165, 1.54) is 31.2 Å². The van der Waals surface area contributed by atoms with Gasteiger partial charge in [-0.2, -0.15) is 13.2 Å². The van der Waals surface area contributed by atoms with Gasteiger partial charge in [0.1, 0.15) is 0 Å². The van der Waals surface area contributed by atoms with Crippen molar-refractivity contribution in [3.8, 4) is 11.5 Å². The first-order chi connectivity index (χ1) is 11.6. The Bertz CT molecular complexity index is 604. The zero-order valence-corrected chi connectivity index (χ0v) is 13.9. The maximum atomic E-state index is 12.2. The third-order valence-electron chi connectivity index (χ3n) is 3.33. The second-order valence-electron chi connectivity index (χ2n) is 5.35. The zero-order valence-electron chi connectivity index (χ0n) is 13.9. The van der Waals surface area contributed by atoms with Gasteiger partial charge >= 0.3 is 12.1 Å². The summed E-state index contributed by atoms with van der Waals surface area (Å²) in [5.41, 5.74) is 0.691. The summed E-state index contributed by atoms with van der Waals surface area (Å²) in [5, 5.41) is 8.60. The maximum absolute atomic E-state index is 12.2. The predicted molar refractivity (Wildman–Crippen MR) is 82.8 cm³/mol. The number of carbonyl (C=O) groups is 2. The van der Waals surface area contributed by atoms with Crippen molar-refractivity contribution in [1.82, 2.24) is 4.90 Å². The number of amides is 1. The topological polar surface area (TPSA) is 76.1 Å². The van der Waals surface area contributed by atoms with Gasteiger partial charge in [-0.3, -0.25) is 9.59 Å². The number of carbonyl (C=O) groups excluding carboxylic acids is 1. The van der Waals surface area contributed by atoms with E-state index in [4.69, 9.17) is 9.84 Å². The number of ether oxygens (including phenoxy) is 2. The first-order valence-electron chi connectivity index (χ1n) is 7.44. The first-order valence-corrected chi connectivity index (χ1v) is 7.44. The summed E-state index contributed by atoms with van der Waals surface area (Å²) < 4.78 is 46.3. The number of hydrogen-bond acceptors (Lipinski definition) is 4. The van der Waals surface area contributed by atoms with E-state index in [1.807, 2.05) is 0 Å². The van der Waals surface area contributed by atoms with Gasteiger partial charge in [0.25, 0.3) is 0 Å². The van der Waals surface area contributed by atoms with Gasteiger partial charge in [0, 0.05) is 20.0 Å². The highest BCUT2D eigenvalue weighted by atomic mass is 19.4. The highest BCUT2D eigenvalue weighted by Gasteiger charge is 2.29. The van der Waals surface area contributed by atoms with Gasteiger partial charge in [-0.1, -0.05) is 6.07 Å². The fraction of sp³-hybridized carbons (Fsp3) is 0.500. The average molecular weight is 363 g/mol. The quantitative estimate of drug-likeness (QED) is 0.730. The molecule has 25 heavy (non-hydrogen) atoms. The van der Waals surface area contributed by atoms with Crippen molar-refractivity contribution in [3.05, 3.63) is 23.8 Å². The molecule has 140 valence electrons. The van der Waals surface area contributed by atoms with Crippen LogP contribution in [0.4, 0.5) is 13.2 Å². The van der Waals surface area contributed by atoms with Crippen LogP contribution in [0.25, 0.3) is 0 Å². The molecule has 0 fully saturated rings. The molecule has 0 saturated carbocycles. The summed E-state index contributed by atoms with van der Waals surface area (Å²) in [7, 11) is 2.82. The number of rotatable bonds is 9. The molecular weight excluding hydrogens is 343 g/mol. The Morgan fingerprint density at radius 3 is 2.44 bits per heavy atom. The maximum Gasteiger partial charge on any atom is 0.422 e. The van der Waals surface area contributed by atoms with E-state index < -0.39 is 18.8 Å². The monoisotopic (exact) mass is 363 g/mol. The minimum Gasteiger partial charge on any atom is -0.493 e. The lowest BCUT2D eigenvalue weighted by atomic mass is 10.1. The van der Waals surface area contributed by atoms with Crippen LogP contribution < -0.4 is 9.47 Å². The number of benzene rings is 1. The highest BCUT2D eigenvalue weighted by molar-refractivity contribution is 5.77. The number of hydrogen-bond donors (Lipinski definition) is 1. The van der Waals surface area contributed by atoms with Crippen LogP contribution in [0.2, 0.25) is 0 Å². The lowest BCUT2D eigenvalue weighted by Crippen LogP contribution is -2.29. The van der Waals surface area contributed by atoms with Crippen molar-refractivity contribution in [2.75, 3.05) is 27.3 Å². The first kappa shape index (κ1) is 20.6. The number of carboxylic acids is 1. The third kappa shape index (κ3) is 7.77. The van der Waals surface area contributed by atoms with E-state index in [-0.39, 0.29) is 36.8 Å². The van der Waals surface area contributed by atoms with Gasteiger partial charge in [0.2, 0.25) is 5.91 Å². The fourth-order valence-corrected chi connectivity index (χ4v) is 1.98. The highest BCUT2D eigenvalue weighted by Crippen LogP contribution is 2.30. The molecule has 0 aromatic heterocycles. The summed E-state index contributed by atoms with van der Waals surface area (Å²) in [4.78, 5) is 23.7. The lowest BCUT2D eigenvalue weighted by molar-refractivity contribution is -0.153. The summed E-state index contributed by atoms with van der Waals surface area (Å²) in [5.74, 6) is -1.10. The fourth-order valence-electron chi connectivity index (χ4n) is 1.98. The Kier molecular flexibility index (Phi) is 7.53. The number of aliphatic carboxylic acids is 1. The minimum atomic E-state index is -4.45.